The van der Waals surface area contributed by atoms with Crippen LogP contribution in [0, 0.1) is 0 Å². The fourth-order valence-electron chi connectivity index (χ4n) is 1.55. The predicted octanol–water partition coefficient (Wildman–Crippen LogP) is 4.17. The lowest BCUT2D eigenvalue weighted by molar-refractivity contribution is 1.25. The Bertz CT molecular complexity index is 698. The Balaban J connectivity index is 2.26. The highest BCUT2D eigenvalue weighted by Gasteiger charge is 2.11. The van der Waals surface area contributed by atoms with E-state index in [4.69, 9.17) is 11.6 Å². The summed E-state index contributed by atoms with van der Waals surface area (Å²) in [5, 5.41) is 1.07. The number of hydrogen-bond acceptors (Lipinski definition) is 4. The normalized spacial score (nSPS) is 10.9. The molecule has 3 nitrogen and oxygen atoms in total. The highest BCUT2D eigenvalue weighted by Crippen LogP contribution is 2.29. The number of aromatic nitrogens is 3. The second-order valence-corrected chi connectivity index (χ2v) is 5.57. The van der Waals surface area contributed by atoms with Crippen molar-refractivity contribution in [2.45, 2.75) is 0 Å². The molecule has 17 heavy (non-hydrogen) atoms. The number of pyridine rings is 1. The Morgan fingerprint density at radius 3 is 2.76 bits per heavy atom. The molecule has 84 valence electrons. The maximum Gasteiger partial charge on any atom is 0.203 e. The van der Waals surface area contributed by atoms with E-state index in [0.29, 0.717) is 16.0 Å². The second-order valence-electron chi connectivity index (χ2n) is 3.38. The summed E-state index contributed by atoms with van der Waals surface area (Å²) in [7, 11) is 0. The molecule has 0 N–H and O–H groups in total. The number of fused-ring (bicyclic) bond motifs is 1. The summed E-state index contributed by atoms with van der Waals surface area (Å²) < 4.78 is 5.44. The first-order chi connectivity index (χ1) is 8.24. The van der Waals surface area contributed by atoms with Crippen LogP contribution in [0.4, 0.5) is 0 Å². The number of rotatable bonds is 1. The first-order valence-electron chi connectivity index (χ1n) is 4.79. The third-order valence-corrected chi connectivity index (χ3v) is 3.69. The maximum absolute atomic E-state index is 5.78. The van der Waals surface area contributed by atoms with Crippen LogP contribution in [0.25, 0.3) is 22.4 Å². The van der Waals surface area contributed by atoms with E-state index in [2.05, 4.69) is 30.3 Å². The second kappa shape index (κ2) is 4.33. The Morgan fingerprint density at radius 2 is 2.00 bits per heavy atom. The number of nitrogens with zero attached hydrogens (tertiary/aromatic N) is 3. The summed E-state index contributed by atoms with van der Waals surface area (Å²) in [5.74, 6) is 0.553. The molecular weight excluding hydrogens is 322 g/mol. The number of halogens is 2. The van der Waals surface area contributed by atoms with Gasteiger partial charge >= 0.3 is 0 Å². The van der Waals surface area contributed by atoms with Crippen molar-refractivity contribution in [3.8, 4) is 11.5 Å². The molecule has 3 rings (SSSR count). The molecule has 0 saturated carbocycles. The zero-order valence-electron chi connectivity index (χ0n) is 8.39. The monoisotopic (exact) mass is 325 g/mol. The van der Waals surface area contributed by atoms with Crippen LogP contribution in [0.2, 0.25) is 4.47 Å². The van der Waals surface area contributed by atoms with Gasteiger partial charge in [0, 0.05) is 9.86 Å². The molecule has 2 heterocycles. The molecule has 0 atom stereocenters. The summed E-state index contributed by atoms with van der Waals surface area (Å²) in [6.45, 7) is 0. The summed E-state index contributed by atoms with van der Waals surface area (Å²) in [6, 6.07) is 9.91. The van der Waals surface area contributed by atoms with Gasteiger partial charge in [-0.05, 0) is 51.2 Å². The van der Waals surface area contributed by atoms with Crippen LogP contribution in [0.15, 0.2) is 34.8 Å². The largest absolute Gasteiger partial charge is 0.243 e. The Morgan fingerprint density at radius 1 is 1.18 bits per heavy atom. The SMILES string of the molecule is Clc1nc(-c2nc3ccccc3cc2Br)ns1. The minimum absolute atomic E-state index is 0.418. The van der Waals surface area contributed by atoms with Crippen molar-refractivity contribution in [3.63, 3.8) is 0 Å². The Hall–Kier alpha value is -1.04. The molecule has 0 aliphatic carbocycles. The van der Waals surface area contributed by atoms with Gasteiger partial charge in [0.25, 0.3) is 0 Å². The summed E-state index contributed by atoms with van der Waals surface area (Å²) in [5.41, 5.74) is 1.63. The van der Waals surface area contributed by atoms with Crippen LogP contribution >= 0.6 is 39.1 Å². The van der Waals surface area contributed by atoms with Crippen molar-refractivity contribution in [2.75, 3.05) is 0 Å². The summed E-state index contributed by atoms with van der Waals surface area (Å²) in [6.07, 6.45) is 0. The fourth-order valence-corrected chi connectivity index (χ4v) is 2.66. The molecule has 0 fully saturated rings. The van der Waals surface area contributed by atoms with Gasteiger partial charge in [0.2, 0.25) is 4.47 Å². The van der Waals surface area contributed by atoms with Gasteiger partial charge in [-0.1, -0.05) is 18.2 Å². The van der Waals surface area contributed by atoms with Crippen LogP contribution in [-0.4, -0.2) is 14.3 Å². The fraction of sp³-hybridized carbons (Fsp3) is 0. The number of para-hydroxylation sites is 1. The first kappa shape index (κ1) is 11.1. The van der Waals surface area contributed by atoms with Crippen LogP contribution in [0.3, 0.4) is 0 Å². The van der Waals surface area contributed by atoms with E-state index in [1.807, 2.05) is 30.3 Å². The first-order valence-corrected chi connectivity index (χ1v) is 6.73. The lowest BCUT2D eigenvalue weighted by Gasteiger charge is -2.02. The van der Waals surface area contributed by atoms with Crippen molar-refractivity contribution in [3.05, 3.63) is 39.3 Å². The lowest BCUT2D eigenvalue weighted by Crippen LogP contribution is -1.89. The molecule has 3 aromatic rings. The van der Waals surface area contributed by atoms with E-state index >= 15 is 0 Å². The quantitative estimate of drug-likeness (QED) is 0.673. The van der Waals surface area contributed by atoms with Gasteiger partial charge in [-0.3, -0.25) is 0 Å². The van der Waals surface area contributed by atoms with E-state index in [0.717, 1.165) is 26.9 Å². The van der Waals surface area contributed by atoms with E-state index in [9.17, 15) is 0 Å². The molecule has 0 aliphatic heterocycles. The molecular formula is C11H5BrClN3S. The average Bonchev–Trinajstić information content (AvgIpc) is 2.75. The van der Waals surface area contributed by atoms with Crippen LogP contribution in [0.5, 0.6) is 0 Å². The van der Waals surface area contributed by atoms with Crippen molar-refractivity contribution < 1.29 is 0 Å². The van der Waals surface area contributed by atoms with E-state index in [1.165, 1.54) is 0 Å². The van der Waals surface area contributed by atoms with E-state index in [1.54, 1.807) is 0 Å². The van der Waals surface area contributed by atoms with Gasteiger partial charge in [-0.25, -0.2) is 9.97 Å². The summed E-state index contributed by atoms with van der Waals surface area (Å²) >= 11 is 10.4. The Labute approximate surface area is 115 Å². The smallest absolute Gasteiger partial charge is 0.203 e. The summed E-state index contributed by atoms with van der Waals surface area (Å²) in [4.78, 5) is 8.66. The molecule has 0 radical (unpaired) electrons. The third-order valence-electron chi connectivity index (χ3n) is 2.29. The maximum atomic E-state index is 5.78. The molecule has 2 aromatic heterocycles. The standard InChI is InChI=1S/C11H5BrClN3S/c12-7-5-6-3-1-2-4-8(6)14-9(7)10-15-11(13)17-16-10/h1-5H. The highest BCUT2D eigenvalue weighted by molar-refractivity contribution is 9.10. The van der Waals surface area contributed by atoms with E-state index < -0.39 is 0 Å². The predicted molar refractivity (Wildman–Crippen MR) is 73.4 cm³/mol. The lowest BCUT2D eigenvalue weighted by atomic mass is 10.2. The van der Waals surface area contributed by atoms with Crippen LogP contribution < -0.4 is 0 Å². The van der Waals surface area contributed by atoms with Crippen molar-refractivity contribution in [1.82, 2.24) is 14.3 Å². The topological polar surface area (TPSA) is 38.7 Å². The van der Waals surface area contributed by atoms with Crippen molar-refractivity contribution in [2.24, 2.45) is 0 Å². The van der Waals surface area contributed by atoms with Gasteiger partial charge in [-0.2, -0.15) is 4.37 Å². The molecule has 1 aromatic carbocycles. The molecule has 0 spiro atoms. The highest BCUT2D eigenvalue weighted by atomic mass is 79.9. The zero-order chi connectivity index (χ0) is 11.8. The minimum atomic E-state index is 0.418. The van der Waals surface area contributed by atoms with E-state index in [-0.39, 0.29) is 0 Å². The minimum Gasteiger partial charge on any atom is -0.243 e. The molecule has 0 bridgehead atoms. The molecule has 0 amide bonds. The average molecular weight is 327 g/mol. The number of hydrogen-bond donors (Lipinski definition) is 0. The Kier molecular flexibility index (Phi) is 2.82. The van der Waals surface area contributed by atoms with Gasteiger partial charge < -0.3 is 0 Å². The molecule has 0 saturated heterocycles. The van der Waals surface area contributed by atoms with Gasteiger partial charge in [0.1, 0.15) is 5.69 Å². The van der Waals surface area contributed by atoms with Gasteiger partial charge in [0.15, 0.2) is 5.82 Å². The molecule has 0 unspecified atom stereocenters. The molecule has 6 heteroatoms. The van der Waals surface area contributed by atoms with Crippen LogP contribution in [0.1, 0.15) is 0 Å². The van der Waals surface area contributed by atoms with Gasteiger partial charge in [-0.15, -0.1) is 0 Å². The van der Waals surface area contributed by atoms with Gasteiger partial charge in [0.05, 0.1) is 5.52 Å². The van der Waals surface area contributed by atoms with Crippen LogP contribution in [-0.2, 0) is 0 Å². The van der Waals surface area contributed by atoms with Crippen molar-refractivity contribution >= 4 is 50.0 Å². The zero-order valence-corrected chi connectivity index (χ0v) is 11.6. The van der Waals surface area contributed by atoms with Crippen molar-refractivity contribution in [1.29, 1.82) is 0 Å². The number of benzene rings is 1. The molecule has 0 aliphatic rings. The third kappa shape index (κ3) is 2.06.